The van der Waals surface area contributed by atoms with Crippen molar-refractivity contribution in [2.75, 3.05) is 20.6 Å². The van der Waals surface area contributed by atoms with Crippen LogP contribution >= 0.6 is 0 Å². The molecule has 0 saturated heterocycles. The molecule has 0 saturated carbocycles. The van der Waals surface area contributed by atoms with Gasteiger partial charge in [0.05, 0.1) is 0 Å². The zero-order chi connectivity index (χ0) is 9.61. The number of likely N-dealkylation sites (N-methyl/N-ethyl adjacent to an activating group) is 1. The van der Waals surface area contributed by atoms with Crippen LogP contribution in [0.2, 0.25) is 0 Å². The van der Waals surface area contributed by atoms with Gasteiger partial charge in [-0.25, -0.2) is 0 Å². The lowest BCUT2D eigenvalue weighted by molar-refractivity contribution is 0.285. The van der Waals surface area contributed by atoms with E-state index < -0.39 is 0 Å². The van der Waals surface area contributed by atoms with Crippen LogP contribution in [0.1, 0.15) is 12.8 Å². The maximum atomic E-state index is 6.14. The molecule has 0 radical (unpaired) electrons. The first-order valence-corrected chi connectivity index (χ1v) is 4.19. The van der Waals surface area contributed by atoms with Gasteiger partial charge in [-0.1, -0.05) is 12.2 Å². The lowest BCUT2D eigenvalue weighted by Gasteiger charge is -2.30. The Hall–Kier alpha value is -0.600. The molecule has 12 heavy (non-hydrogen) atoms. The van der Waals surface area contributed by atoms with Gasteiger partial charge in [0, 0.05) is 12.1 Å². The Morgan fingerprint density at radius 1 is 1.25 bits per heavy atom. The fourth-order valence-corrected chi connectivity index (χ4v) is 1.42. The highest BCUT2D eigenvalue weighted by Gasteiger charge is 2.22. The van der Waals surface area contributed by atoms with Crippen molar-refractivity contribution >= 4 is 0 Å². The monoisotopic (exact) mass is 168 g/mol. The minimum absolute atomic E-state index is 0.187. The molecule has 0 atom stereocenters. The summed E-state index contributed by atoms with van der Waals surface area (Å²) in [5, 5.41) is 0. The van der Waals surface area contributed by atoms with E-state index in [-0.39, 0.29) is 5.54 Å². The van der Waals surface area contributed by atoms with Crippen LogP contribution in [-0.2, 0) is 0 Å². The second-order valence-corrected chi connectivity index (χ2v) is 3.59. The third-order valence-electron chi connectivity index (χ3n) is 1.73. The molecule has 0 spiro atoms. The van der Waals surface area contributed by atoms with Gasteiger partial charge >= 0.3 is 0 Å². The van der Waals surface area contributed by atoms with Gasteiger partial charge in [-0.15, -0.1) is 13.2 Å². The van der Waals surface area contributed by atoms with Crippen LogP contribution in [0, 0.1) is 0 Å². The molecule has 2 N–H and O–H groups in total. The van der Waals surface area contributed by atoms with Crippen LogP contribution in [0.3, 0.4) is 0 Å². The molecule has 0 aromatic rings. The summed E-state index contributed by atoms with van der Waals surface area (Å²) in [5.74, 6) is 0. The smallest absolute Gasteiger partial charge is 0.0352 e. The Morgan fingerprint density at radius 2 is 1.67 bits per heavy atom. The van der Waals surface area contributed by atoms with E-state index in [1.165, 1.54) is 0 Å². The zero-order valence-electron chi connectivity index (χ0n) is 8.21. The number of rotatable bonds is 6. The number of hydrogen-bond acceptors (Lipinski definition) is 2. The van der Waals surface area contributed by atoms with Crippen LogP contribution in [0.5, 0.6) is 0 Å². The summed E-state index contributed by atoms with van der Waals surface area (Å²) in [4.78, 5) is 2.09. The molecule has 2 heteroatoms. The summed E-state index contributed by atoms with van der Waals surface area (Å²) in [6.45, 7) is 8.27. The van der Waals surface area contributed by atoms with Gasteiger partial charge in [-0.3, -0.25) is 0 Å². The lowest BCUT2D eigenvalue weighted by Crippen LogP contribution is -2.47. The molecular formula is C10H20N2. The van der Waals surface area contributed by atoms with E-state index in [0.29, 0.717) is 0 Å². The first-order chi connectivity index (χ1) is 5.54. The summed E-state index contributed by atoms with van der Waals surface area (Å²) in [6, 6.07) is 0. The molecule has 0 rings (SSSR count). The topological polar surface area (TPSA) is 29.3 Å². The second kappa shape index (κ2) is 5.12. The van der Waals surface area contributed by atoms with Crippen molar-refractivity contribution in [3.05, 3.63) is 25.3 Å². The van der Waals surface area contributed by atoms with E-state index in [0.717, 1.165) is 19.4 Å². The van der Waals surface area contributed by atoms with Crippen molar-refractivity contribution in [2.24, 2.45) is 5.73 Å². The Kier molecular flexibility index (Phi) is 4.86. The van der Waals surface area contributed by atoms with Crippen molar-refractivity contribution in [2.45, 2.75) is 18.4 Å². The summed E-state index contributed by atoms with van der Waals surface area (Å²) >= 11 is 0. The lowest BCUT2D eigenvalue weighted by atomic mass is 9.92. The molecule has 0 amide bonds. The molecule has 0 aliphatic rings. The van der Waals surface area contributed by atoms with Crippen LogP contribution in [-0.4, -0.2) is 31.1 Å². The van der Waals surface area contributed by atoms with Crippen LogP contribution in [0.15, 0.2) is 25.3 Å². The van der Waals surface area contributed by atoms with Gasteiger partial charge in [0.2, 0.25) is 0 Å². The molecule has 0 bridgehead atoms. The van der Waals surface area contributed by atoms with E-state index in [4.69, 9.17) is 5.73 Å². The van der Waals surface area contributed by atoms with Gasteiger partial charge in [0.1, 0.15) is 0 Å². The maximum absolute atomic E-state index is 6.14. The Bertz CT molecular complexity index is 140. The van der Waals surface area contributed by atoms with Crippen molar-refractivity contribution in [3.8, 4) is 0 Å². The van der Waals surface area contributed by atoms with E-state index in [1.54, 1.807) is 0 Å². The SMILES string of the molecule is C=CCC(N)(CC=C)CN(C)C. The van der Waals surface area contributed by atoms with Gasteiger partial charge in [-0.05, 0) is 26.9 Å². The Labute approximate surface area is 75.7 Å². The number of nitrogens with zero attached hydrogens (tertiary/aromatic N) is 1. The highest BCUT2D eigenvalue weighted by molar-refractivity contribution is 4.97. The predicted octanol–water partition coefficient (Wildman–Crippen LogP) is 1.40. The van der Waals surface area contributed by atoms with Crippen LogP contribution < -0.4 is 5.73 Å². The molecule has 0 aliphatic heterocycles. The normalized spacial score (nSPS) is 11.7. The second-order valence-electron chi connectivity index (χ2n) is 3.59. The van der Waals surface area contributed by atoms with E-state index >= 15 is 0 Å². The van der Waals surface area contributed by atoms with Gasteiger partial charge in [0.25, 0.3) is 0 Å². The van der Waals surface area contributed by atoms with Crippen molar-refractivity contribution in [1.29, 1.82) is 0 Å². The summed E-state index contributed by atoms with van der Waals surface area (Å²) < 4.78 is 0. The maximum Gasteiger partial charge on any atom is 0.0352 e. The molecule has 0 unspecified atom stereocenters. The third-order valence-corrected chi connectivity index (χ3v) is 1.73. The summed E-state index contributed by atoms with van der Waals surface area (Å²) in [5.41, 5.74) is 5.95. The van der Waals surface area contributed by atoms with E-state index in [9.17, 15) is 0 Å². The molecule has 0 aromatic carbocycles. The predicted molar refractivity (Wildman–Crippen MR) is 55.1 cm³/mol. The fraction of sp³-hybridized carbons (Fsp3) is 0.600. The highest BCUT2D eigenvalue weighted by Crippen LogP contribution is 2.13. The van der Waals surface area contributed by atoms with Crippen LogP contribution in [0.25, 0.3) is 0 Å². The first-order valence-electron chi connectivity index (χ1n) is 4.19. The van der Waals surface area contributed by atoms with Gasteiger partial charge < -0.3 is 10.6 Å². The number of hydrogen-bond donors (Lipinski definition) is 1. The van der Waals surface area contributed by atoms with Gasteiger partial charge in [-0.2, -0.15) is 0 Å². The fourth-order valence-electron chi connectivity index (χ4n) is 1.42. The van der Waals surface area contributed by atoms with E-state index in [1.807, 2.05) is 26.2 Å². The molecule has 0 aliphatic carbocycles. The molecule has 2 nitrogen and oxygen atoms in total. The van der Waals surface area contributed by atoms with Crippen molar-refractivity contribution in [3.63, 3.8) is 0 Å². The molecule has 0 aromatic heterocycles. The molecule has 70 valence electrons. The standard InChI is InChI=1S/C10H20N2/c1-5-7-10(11,8-6-2)9-12(3)4/h5-6H,1-2,7-9,11H2,3-4H3. The average Bonchev–Trinajstić information content (AvgIpc) is 1.85. The minimum atomic E-state index is -0.187. The van der Waals surface area contributed by atoms with Crippen molar-refractivity contribution in [1.82, 2.24) is 4.90 Å². The zero-order valence-corrected chi connectivity index (χ0v) is 8.21. The average molecular weight is 168 g/mol. The Balaban J connectivity index is 4.15. The summed E-state index contributed by atoms with van der Waals surface area (Å²) in [7, 11) is 4.04. The minimum Gasteiger partial charge on any atom is -0.323 e. The third kappa shape index (κ3) is 4.31. The van der Waals surface area contributed by atoms with E-state index in [2.05, 4.69) is 18.1 Å². The van der Waals surface area contributed by atoms with Crippen molar-refractivity contribution < 1.29 is 0 Å². The molecule has 0 fully saturated rings. The Morgan fingerprint density at radius 3 is 1.92 bits per heavy atom. The largest absolute Gasteiger partial charge is 0.323 e. The molecular weight excluding hydrogens is 148 g/mol. The van der Waals surface area contributed by atoms with Crippen LogP contribution in [0.4, 0.5) is 0 Å². The molecule has 0 heterocycles. The van der Waals surface area contributed by atoms with Gasteiger partial charge in [0.15, 0.2) is 0 Å². The summed E-state index contributed by atoms with van der Waals surface area (Å²) in [6.07, 6.45) is 5.40. The number of nitrogens with two attached hydrogens (primary N) is 1. The quantitative estimate of drug-likeness (QED) is 0.607. The highest BCUT2D eigenvalue weighted by atomic mass is 15.1. The first kappa shape index (κ1) is 11.4.